The molecule has 6 heteroatoms. The van der Waals surface area contributed by atoms with Gasteiger partial charge in [0.05, 0.1) is 6.21 Å². The number of fused-ring (bicyclic) bond motifs is 1. The molecule has 0 fully saturated rings. The topological polar surface area (TPSA) is 44.7 Å². The van der Waals surface area contributed by atoms with Gasteiger partial charge in [-0.3, -0.25) is 4.79 Å². The molecule has 1 N–H and O–H groups in total. The Hall–Kier alpha value is -2.21. The Morgan fingerprint density at radius 1 is 1.37 bits per heavy atom. The summed E-state index contributed by atoms with van der Waals surface area (Å²) in [7, 11) is 2.00. The third-order valence-corrected chi connectivity index (χ3v) is 5.70. The fraction of sp³-hybridized carbons (Fsp3) is 0.333. The number of amides is 1. The van der Waals surface area contributed by atoms with Crippen LogP contribution in [0.1, 0.15) is 54.6 Å². The van der Waals surface area contributed by atoms with Crippen LogP contribution < -0.4 is 10.3 Å². The van der Waals surface area contributed by atoms with Gasteiger partial charge in [-0.1, -0.05) is 28.9 Å². The third-order valence-electron chi connectivity index (χ3n) is 5.21. The monoisotopic (exact) mass is 431 g/mol. The van der Waals surface area contributed by atoms with E-state index in [9.17, 15) is 9.18 Å². The predicted octanol–water partition coefficient (Wildman–Crippen LogP) is 5.07. The van der Waals surface area contributed by atoms with Crippen LogP contribution in [0.5, 0.6) is 0 Å². The fourth-order valence-corrected chi connectivity index (χ4v) is 3.96. The highest BCUT2D eigenvalue weighted by atomic mass is 79.9. The van der Waals surface area contributed by atoms with Crippen molar-refractivity contribution in [3.63, 3.8) is 0 Å². The van der Waals surface area contributed by atoms with Crippen molar-refractivity contribution in [2.24, 2.45) is 5.10 Å². The maximum atomic E-state index is 14.6. The van der Waals surface area contributed by atoms with Crippen molar-refractivity contribution in [1.82, 2.24) is 5.43 Å². The number of halogens is 2. The second kappa shape index (κ2) is 7.43. The van der Waals surface area contributed by atoms with E-state index in [1.165, 1.54) is 6.21 Å². The zero-order valence-electron chi connectivity index (χ0n) is 15.9. The van der Waals surface area contributed by atoms with Gasteiger partial charge in [-0.15, -0.1) is 0 Å². The van der Waals surface area contributed by atoms with Gasteiger partial charge in [-0.05, 0) is 62.1 Å². The van der Waals surface area contributed by atoms with Crippen LogP contribution in [0, 0.1) is 5.82 Å². The first-order valence-corrected chi connectivity index (χ1v) is 9.64. The Bertz CT molecular complexity index is 910. The van der Waals surface area contributed by atoms with Crippen LogP contribution in [-0.2, 0) is 0 Å². The van der Waals surface area contributed by atoms with Gasteiger partial charge in [0.25, 0.3) is 5.91 Å². The van der Waals surface area contributed by atoms with Crippen molar-refractivity contribution in [2.75, 3.05) is 11.9 Å². The first kappa shape index (κ1) is 19.5. The number of hydrogen-bond donors (Lipinski definition) is 1. The molecule has 3 rings (SSSR count). The molecule has 27 heavy (non-hydrogen) atoms. The number of carbonyl (C=O) groups is 1. The normalized spacial score (nSPS) is 18.4. The summed E-state index contributed by atoms with van der Waals surface area (Å²) in [6.07, 6.45) is 2.34. The molecule has 1 aliphatic rings. The fourth-order valence-electron chi connectivity index (χ4n) is 3.56. The van der Waals surface area contributed by atoms with E-state index < -0.39 is 0 Å². The van der Waals surface area contributed by atoms with Crippen LogP contribution in [0.2, 0.25) is 0 Å². The number of rotatable bonds is 3. The average Bonchev–Trinajstić information content (AvgIpc) is 2.60. The number of nitrogens with one attached hydrogen (secondary N) is 1. The van der Waals surface area contributed by atoms with E-state index in [-0.39, 0.29) is 17.3 Å². The Labute approximate surface area is 167 Å². The van der Waals surface area contributed by atoms with Crippen LogP contribution in [0.15, 0.2) is 46.0 Å². The van der Waals surface area contributed by atoms with Crippen molar-refractivity contribution in [3.05, 3.63) is 63.4 Å². The molecule has 4 nitrogen and oxygen atoms in total. The summed E-state index contributed by atoms with van der Waals surface area (Å²) in [6, 6.07) is 10.4. The summed E-state index contributed by atoms with van der Waals surface area (Å²) in [4.78, 5) is 14.3. The first-order chi connectivity index (χ1) is 12.7. The number of anilines is 1. The van der Waals surface area contributed by atoms with Gasteiger partial charge in [0.15, 0.2) is 0 Å². The largest absolute Gasteiger partial charge is 0.369 e. The van der Waals surface area contributed by atoms with Gasteiger partial charge in [0.2, 0.25) is 0 Å². The minimum Gasteiger partial charge on any atom is -0.369 e. The summed E-state index contributed by atoms with van der Waals surface area (Å²) in [5.41, 5.74) is 5.27. The molecule has 2 aromatic rings. The van der Waals surface area contributed by atoms with Crippen molar-refractivity contribution in [3.8, 4) is 0 Å². The Morgan fingerprint density at radius 2 is 2.11 bits per heavy atom. The van der Waals surface area contributed by atoms with Crippen molar-refractivity contribution >= 4 is 33.7 Å². The van der Waals surface area contributed by atoms with Gasteiger partial charge in [-0.2, -0.15) is 5.10 Å². The molecular weight excluding hydrogens is 409 g/mol. The summed E-state index contributed by atoms with van der Waals surface area (Å²) in [5.74, 6) is -0.387. The Balaban J connectivity index is 1.81. The molecule has 142 valence electrons. The molecule has 0 bridgehead atoms. The standard InChI is InChI=1S/C21H23BrFN3O/c1-13-11-21(2,3)26(4)19-10-18(23)15(9-17(13)19)12-24-25-20(27)14-6-5-7-16(22)8-14/h5-10,12-13H,11H2,1-4H3,(H,25,27)/b24-12-. The highest BCUT2D eigenvalue weighted by molar-refractivity contribution is 9.10. The smallest absolute Gasteiger partial charge is 0.271 e. The van der Waals surface area contributed by atoms with Gasteiger partial charge < -0.3 is 4.90 Å². The molecule has 0 radical (unpaired) electrons. The van der Waals surface area contributed by atoms with Crippen LogP contribution in [-0.4, -0.2) is 24.7 Å². The molecule has 1 unspecified atom stereocenters. The van der Waals surface area contributed by atoms with Crippen LogP contribution in [0.25, 0.3) is 0 Å². The van der Waals surface area contributed by atoms with Crippen molar-refractivity contribution in [2.45, 2.75) is 38.6 Å². The zero-order valence-corrected chi connectivity index (χ0v) is 17.5. The lowest BCUT2D eigenvalue weighted by atomic mass is 9.80. The number of hydrazone groups is 1. The molecule has 2 aromatic carbocycles. The quantitative estimate of drug-likeness (QED) is 0.544. The van der Waals surface area contributed by atoms with Crippen molar-refractivity contribution < 1.29 is 9.18 Å². The molecule has 1 atom stereocenters. The predicted molar refractivity (Wildman–Crippen MR) is 111 cm³/mol. The highest BCUT2D eigenvalue weighted by Crippen LogP contribution is 2.43. The molecule has 0 aromatic heterocycles. The summed E-state index contributed by atoms with van der Waals surface area (Å²) < 4.78 is 15.4. The van der Waals surface area contributed by atoms with E-state index in [0.717, 1.165) is 22.1 Å². The van der Waals surface area contributed by atoms with Gasteiger partial charge in [0, 0.05) is 33.9 Å². The summed E-state index contributed by atoms with van der Waals surface area (Å²) >= 11 is 3.33. The Kier molecular flexibility index (Phi) is 5.38. The Morgan fingerprint density at radius 3 is 2.81 bits per heavy atom. The number of nitrogens with zero attached hydrogens (tertiary/aromatic N) is 2. The van der Waals surface area contributed by atoms with E-state index in [4.69, 9.17) is 0 Å². The van der Waals surface area contributed by atoms with E-state index in [1.54, 1.807) is 24.3 Å². The molecule has 1 amide bonds. The third kappa shape index (κ3) is 4.05. The molecule has 1 aliphatic heterocycles. The van der Waals surface area contributed by atoms with Crippen LogP contribution in [0.4, 0.5) is 10.1 Å². The zero-order chi connectivity index (χ0) is 19.8. The lowest BCUT2D eigenvalue weighted by Gasteiger charge is -2.45. The van der Waals surface area contributed by atoms with Gasteiger partial charge >= 0.3 is 0 Å². The molecule has 1 heterocycles. The summed E-state index contributed by atoms with van der Waals surface area (Å²) in [5, 5.41) is 3.94. The lowest BCUT2D eigenvalue weighted by Crippen LogP contribution is -2.45. The summed E-state index contributed by atoms with van der Waals surface area (Å²) in [6.45, 7) is 6.48. The van der Waals surface area contributed by atoms with Crippen LogP contribution >= 0.6 is 15.9 Å². The number of hydrogen-bond acceptors (Lipinski definition) is 3. The number of benzene rings is 2. The highest BCUT2D eigenvalue weighted by Gasteiger charge is 2.34. The second-order valence-electron chi connectivity index (χ2n) is 7.62. The molecule has 0 saturated carbocycles. The minimum absolute atomic E-state index is 0.0214. The first-order valence-electron chi connectivity index (χ1n) is 8.85. The number of carbonyl (C=O) groups excluding carboxylic acids is 1. The average molecular weight is 432 g/mol. The van der Waals surface area contributed by atoms with E-state index in [2.05, 4.69) is 52.1 Å². The molecule has 0 spiro atoms. The molecule has 0 aliphatic carbocycles. The SMILES string of the molecule is CC1CC(C)(C)N(C)c2cc(F)c(/C=N\NC(=O)c3cccc(Br)c3)cc21. The maximum absolute atomic E-state index is 14.6. The van der Waals surface area contributed by atoms with Gasteiger partial charge in [-0.25, -0.2) is 9.82 Å². The van der Waals surface area contributed by atoms with Gasteiger partial charge in [0.1, 0.15) is 5.82 Å². The molecule has 0 saturated heterocycles. The maximum Gasteiger partial charge on any atom is 0.271 e. The lowest BCUT2D eigenvalue weighted by molar-refractivity contribution is 0.0955. The van der Waals surface area contributed by atoms with E-state index in [1.807, 2.05) is 19.2 Å². The van der Waals surface area contributed by atoms with Crippen LogP contribution in [0.3, 0.4) is 0 Å². The van der Waals surface area contributed by atoms with Crippen molar-refractivity contribution in [1.29, 1.82) is 0 Å². The molecular formula is C21H23BrFN3O. The van der Waals surface area contributed by atoms with E-state index >= 15 is 0 Å². The van der Waals surface area contributed by atoms with E-state index in [0.29, 0.717) is 17.0 Å². The minimum atomic E-state index is -0.356. The second-order valence-corrected chi connectivity index (χ2v) is 8.53.